The molecule has 4 aliphatic rings. The second-order valence-electron chi connectivity index (χ2n) is 23.2. The van der Waals surface area contributed by atoms with Gasteiger partial charge >= 0.3 is 12.1 Å². The number of imide groups is 1. The average Bonchev–Trinajstić information content (AvgIpc) is 4.30. The van der Waals surface area contributed by atoms with E-state index in [4.69, 9.17) is 33.3 Å². The van der Waals surface area contributed by atoms with Crippen LogP contribution in [0.2, 0.25) is 18.1 Å². The summed E-state index contributed by atoms with van der Waals surface area (Å²) in [5.74, 6) is -2.41. The molecule has 20 nitrogen and oxygen atoms in total. The molecule has 0 radical (unpaired) electrons. The number of carbonyl (C=O) groups is 5. The number of ether oxygens (including phenoxy) is 4. The number of morpholine rings is 1. The molecule has 1 fully saturated rings. The summed E-state index contributed by atoms with van der Waals surface area (Å²) in [5.41, 5.74) is 8.32. The minimum atomic E-state index is -2.07. The van der Waals surface area contributed by atoms with Crippen molar-refractivity contribution < 1.29 is 47.3 Å². The first-order chi connectivity index (χ1) is 36.9. The van der Waals surface area contributed by atoms with E-state index in [2.05, 4.69) is 71.3 Å². The van der Waals surface area contributed by atoms with Crippen molar-refractivity contribution in [3.63, 3.8) is 0 Å². The Balaban J connectivity index is 1.20. The number of aromatic amines is 2. The molecule has 8 heterocycles. The van der Waals surface area contributed by atoms with Crippen LogP contribution < -0.4 is 5.32 Å². The third kappa shape index (κ3) is 12.5. The molecule has 4 aromatic rings. The van der Waals surface area contributed by atoms with Gasteiger partial charge in [0.1, 0.15) is 12.2 Å². The van der Waals surface area contributed by atoms with Crippen LogP contribution in [0.5, 0.6) is 0 Å². The second-order valence-corrected chi connectivity index (χ2v) is 28.0. The Hall–Kier alpha value is -6.39. The van der Waals surface area contributed by atoms with Gasteiger partial charge in [-0.3, -0.25) is 34.0 Å². The number of allylic oxidation sites excluding steroid dienone is 2. The standard InChI is InChI=1S/C57H78N10O10Si/c1-14-37-33(2)39-31-44-47(52(69)45-32-66(64-63-45)22-26-73-23-17-58-55(72)77-56(6,7)8)35(4)41(60-44)29-40-34(3)38(15-16-46(68)75-27-28-76-78(12,13)57(9,10)11)50(61-40)49-51-48(36(5)42(62-51)30-43(37)59-39)53(70)67(54(49)71)19-18-65-20-24-74-25-21-65/h29-32,34,38,60,62H,14-28H2,1-13H3,(H,58,72)/t34-,38-/m0/s1. The van der Waals surface area contributed by atoms with Gasteiger partial charge in [-0.05, 0) is 113 Å². The highest BCUT2D eigenvalue weighted by molar-refractivity contribution is 6.74. The highest BCUT2D eigenvalue weighted by Gasteiger charge is 2.42. The lowest BCUT2D eigenvalue weighted by Gasteiger charge is -2.36. The molecule has 3 amide bonds. The maximum Gasteiger partial charge on any atom is 0.407 e. The molecule has 2 atom stereocenters. The first-order valence-electron chi connectivity index (χ1n) is 27.3. The van der Waals surface area contributed by atoms with E-state index in [0.29, 0.717) is 126 Å². The summed E-state index contributed by atoms with van der Waals surface area (Å²) < 4.78 is 30.2. The summed E-state index contributed by atoms with van der Waals surface area (Å²) in [4.78, 5) is 91.7. The number of aromatic nitrogens is 7. The largest absolute Gasteiger partial charge is 0.463 e. The number of alkyl carbamates (subject to hydrolysis) is 1. The van der Waals surface area contributed by atoms with E-state index < -0.39 is 37.8 Å². The lowest BCUT2D eigenvalue weighted by atomic mass is 9.84. The van der Waals surface area contributed by atoms with Crippen molar-refractivity contribution in [3.05, 3.63) is 80.7 Å². The lowest BCUT2D eigenvalue weighted by molar-refractivity contribution is -0.144. The van der Waals surface area contributed by atoms with Crippen molar-refractivity contribution >= 4 is 71.2 Å². The molecule has 0 saturated carbocycles. The van der Waals surface area contributed by atoms with Crippen molar-refractivity contribution in [1.29, 1.82) is 0 Å². The maximum atomic E-state index is 15.3. The van der Waals surface area contributed by atoms with Crippen LogP contribution >= 0.6 is 0 Å². The van der Waals surface area contributed by atoms with Gasteiger partial charge in [-0.1, -0.05) is 39.8 Å². The van der Waals surface area contributed by atoms with Gasteiger partial charge in [0.2, 0.25) is 5.78 Å². The molecule has 0 unspecified atom stereocenters. The number of hydrogen-bond donors (Lipinski definition) is 3. The van der Waals surface area contributed by atoms with Crippen LogP contribution in [-0.2, 0) is 34.7 Å². The zero-order chi connectivity index (χ0) is 56.4. The highest BCUT2D eigenvalue weighted by Crippen LogP contribution is 2.45. The third-order valence-electron chi connectivity index (χ3n) is 15.7. The number of nitrogens with zero attached hydrogens (tertiary/aromatic N) is 7. The number of fused-ring (bicyclic) bond motifs is 8. The monoisotopic (exact) mass is 1090 g/mol. The zero-order valence-corrected chi connectivity index (χ0v) is 48.8. The molecule has 3 N–H and O–H groups in total. The quantitative estimate of drug-likeness (QED) is 0.0261. The van der Waals surface area contributed by atoms with Crippen LogP contribution in [0.4, 0.5) is 4.79 Å². The molecule has 4 aliphatic heterocycles. The summed E-state index contributed by atoms with van der Waals surface area (Å²) in [6.07, 6.45) is 2.04. The Kier molecular flexibility index (Phi) is 17.4. The summed E-state index contributed by atoms with van der Waals surface area (Å²) in [6, 6.07) is 5.72. The third-order valence-corrected chi connectivity index (χ3v) is 20.2. The molecular weight excluding hydrogens is 1010 g/mol. The minimum Gasteiger partial charge on any atom is -0.463 e. The number of carbonyl (C=O) groups excluding carboxylic acids is 5. The van der Waals surface area contributed by atoms with E-state index in [9.17, 15) is 19.2 Å². The Morgan fingerprint density at radius 1 is 0.846 bits per heavy atom. The summed E-state index contributed by atoms with van der Waals surface area (Å²) >= 11 is 0. The number of esters is 1. The van der Waals surface area contributed by atoms with Crippen molar-refractivity contribution in [2.75, 3.05) is 72.4 Å². The molecule has 78 heavy (non-hydrogen) atoms. The molecule has 0 spiro atoms. The van der Waals surface area contributed by atoms with Gasteiger partial charge in [0.15, 0.2) is 14.0 Å². The Bertz CT molecular complexity index is 3170. The van der Waals surface area contributed by atoms with E-state index in [-0.39, 0.29) is 73.2 Å². The number of hydrogen-bond acceptors (Lipinski definition) is 15. The number of nitrogens with one attached hydrogen (secondary N) is 3. The maximum absolute atomic E-state index is 15.3. The molecule has 420 valence electrons. The van der Waals surface area contributed by atoms with Crippen molar-refractivity contribution in [2.24, 2.45) is 0 Å². The molecule has 21 heteroatoms. The van der Waals surface area contributed by atoms with Crippen LogP contribution in [0.3, 0.4) is 0 Å². The van der Waals surface area contributed by atoms with E-state index in [1.54, 1.807) is 31.6 Å². The van der Waals surface area contributed by atoms with Crippen LogP contribution in [0.15, 0.2) is 24.4 Å². The van der Waals surface area contributed by atoms with E-state index in [0.717, 1.165) is 11.1 Å². The highest BCUT2D eigenvalue weighted by atomic mass is 28.4. The Labute approximate surface area is 457 Å². The van der Waals surface area contributed by atoms with Crippen LogP contribution in [0.25, 0.3) is 33.2 Å². The van der Waals surface area contributed by atoms with E-state index in [1.165, 1.54) is 4.90 Å². The van der Waals surface area contributed by atoms with Crippen molar-refractivity contribution in [1.82, 2.24) is 50.0 Å². The molecule has 8 bridgehead atoms. The van der Waals surface area contributed by atoms with Crippen molar-refractivity contribution in [3.8, 4) is 0 Å². The van der Waals surface area contributed by atoms with Gasteiger partial charge in [-0.25, -0.2) is 14.5 Å². The smallest absolute Gasteiger partial charge is 0.407 e. The van der Waals surface area contributed by atoms with Gasteiger partial charge in [-0.15, -0.1) is 5.10 Å². The number of rotatable bonds is 19. The number of ketones is 1. The zero-order valence-electron chi connectivity index (χ0n) is 47.8. The predicted octanol–water partition coefficient (Wildman–Crippen LogP) is 8.80. The first-order valence-corrected chi connectivity index (χ1v) is 30.2. The topological polar surface area (TPSA) is 238 Å². The fourth-order valence-electron chi connectivity index (χ4n) is 10.1. The Morgan fingerprint density at radius 3 is 2.26 bits per heavy atom. The fraction of sp³-hybridized carbons (Fsp3) is 0.561. The second kappa shape index (κ2) is 23.5. The average molecular weight is 1090 g/mol. The van der Waals surface area contributed by atoms with Gasteiger partial charge < -0.3 is 38.7 Å². The van der Waals surface area contributed by atoms with Crippen LogP contribution in [0, 0.1) is 13.8 Å². The minimum absolute atomic E-state index is 0.00173. The Morgan fingerprint density at radius 2 is 1.55 bits per heavy atom. The van der Waals surface area contributed by atoms with E-state index >= 15 is 4.79 Å². The summed E-state index contributed by atoms with van der Waals surface area (Å²) in [7, 11) is -2.07. The number of aryl methyl sites for hydroxylation is 2. The van der Waals surface area contributed by atoms with Crippen LogP contribution in [-0.4, -0.2) is 161 Å². The molecule has 8 rings (SSSR count). The molecule has 0 aliphatic carbocycles. The predicted molar refractivity (Wildman–Crippen MR) is 299 cm³/mol. The fourth-order valence-corrected chi connectivity index (χ4v) is 11.2. The molecule has 1 saturated heterocycles. The molecule has 0 aromatic carbocycles. The summed E-state index contributed by atoms with van der Waals surface area (Å²) in [5, 5.41) is 11.2. The van der Waals surface area contributed by atoms with Gasteiger partial charge in [0.05, 0.1) is 90.6 Å². The van der Waals surface area contributed by atoms with E-state index in [1.807, 2.05) is 45.9 Å². The van der Waals surface area contributed by atoms with Crippen LogP contribution in [0.1, 0.15) is 164 Å². The molecule has 4 aromatic heterocycles. The SMILES string of the molecule is CCC1=C(C)c2cc3[nH]c(cc4nc(c5c6[nH]c(cc1n2)c(C)c6C(=O)N(CCN1CCOCC1)C5=O)[C@@H](CCC(=O)OCCO[Si](C)(C)C(C)(C)C)[C@@H]4C)c(C)c3C(=O)c1cn(CCOCCNC(=O)OC(C)(C)C)nn1. The van der Waals surface area contributed by atoms with Gasteiger partial charge in [0, 0.05) is 67.7 Å². The van der Waals surface area contributed by atoms with Crippen molar-refractivity contribution in [2.45, 2.75) is 138 Å². The first kappa shape index (κ1) is 57.8. The normalized spacial score (nSPS) is 17.3. The number of H-pyrrole nitrogens is 2. The lowest BCUT2D eigenvalue weighted by Crippen LogP contribution is -2.47. The number of amides is 3. The summed E-state index contributed by atoms with van der Waals surface area (Å²) in [6.45, 7) is 30.6. The molecular formula is C57H78N10O10Si. The van der Waals surface area contributed by atoms with Gasteiger partial charge in [0.25, 0.3) is 11.8 Å². The van der Waals surface area contributed by atoms with Gasteiger partial charge in [-0.2, -0.15) is 0 Å².